The first kappa shape index (κ1) is 25.9. The quantitative estimate of drug-likeness (QED) is 0.528. The molecule has 2 atom stereocenters. The van der Waals surface area contributed by atoms with Gasteiger partial charge in [0.1, 0.15) is 5.75 Å². The second kappa shape index (κ2) is 9.40. The van der Waals surface area contributed by atoms with E-state index in [9.17, 15) is 23.1 Å². The van der Waals surface area contributed by atoms with Gasteiger partial charge < -0.3 is 14.4 Å². The molecule has 2 aromatic rings. The van der Waals surface area contributed by atoms with E-state index in [0.29, 0.717) is 30.0 Å². The van der Waals surface area contributed by atoms with Crippen LogP contribution in [0.15, 0.2) is 52.6 Å². The van der Waals surface area contributed by atoms with Crippen LogP contribution in [0.2, 0.25) is 0 Å². The molecule has 9 heteroatoms. The van der Waals surface area contributed by atoms with Crippen molar-refractivity contribution in [3.05, 3.63) is 63.9 Å². The molecule has 6 rings (SSSR count). The number of carboxylic acids is 1. The lowest BCUT2D eigenvalue weighted by Crippen LogP contribution is -2.35. The van der Waals surface area contributed by atoms with E-state index in [1.165, 1.54) is 38.7 Å². The van der Waals surface area contributed by atoms with Gasteiger partial charge in [-0.2, -0.15) is 0 Å². The van der Waals surface area contributed by atoms with Crippen molar-refractivity contribution < 1.29 is 27.9 Å². The van der Waals surface area contributed by atoms with E-state index in [1.807, 2.05) is 18.2 Å². The number of sulfonamides is 1. The molecule has 4 aliphatic rings. The van der Waals surface area contributed by atoms with Gasteiger partial charge in [0.15, 0.2) is 0 Å². The average Bonchev–Trinajstić information content (AvgIpc) is 3.54. The highest BCUT2D eigenvalue weighted by Crippen LogP contribution is 2.55. The van der Waals surface area contributed by atoms with E-state index in [1.54, 1.807) is 7.11 Å². The minimum atomic E-state index is -3.81. The van der Waals surface area contributed by atoms with Gasteiger partial charge in [-0.15, -0.1) is 0 Å². The van der Waals surface area contributed by atoms with E-state index in [0.717, 1.165) is 46.3 Å². The maximum atomic E-state index is 13.3. The van der Waals surface area contributed by atoms with E-state index in [2.05, 4.69) is 21.4 Å². The number of rotatable bonds is 6. The standard InChI is InChI=1S/C30H34N2O6S/c1-16(2)39(36,37)31-29(33)27-22-15-32-23(25-19(26(22)27)10-7-11-20(25)30(34)35)14-21-24(38-3)13-12-18(28(21)32)17-8-5-4-6-9-17/h7,10,12-14,16-17,20,25H,4-6,8-9,11,15H2,1-3H3,(H,31,33)(H,34,35)/t20-,25-/m1/s1. The molecule has 1 aliphatic heterocycles. The summed E-state index contributed by atoms with van der Waals surface area (Å²) in [4.78, 5) is 25.8. The Kier molecular flexibility index (Phi) is 6.25. The second-order valence-corrected chi connectivity index (χ2v) is 13.6. The number of carbonyl (C=O) groups excluding carboxylic acids is 1. The van der Waals surface area contributed by atoms with Crippen molar-refractivity contribution in [1.82, 2.24) is 9.29 Å². The van der Waals surface area contributed by atoms with Crippen LogP contribution in [0, 0.1) is 5.92 Å². The van der Waals surface area contributed by atoms with E-state index in [4.69, 9.17) is 4.74 Å². The molecule has 0 radical (unpaired) electrons. The Morgan fingerprint density at radius 2 is 1.90 bits per heavy atom. The lowest BCUT2D eigenvalue weighted by atomic mass is 9.76. The van der Waals surface area contributed by atoms with Crippen LogP contribution in [0.5, 0.6) is 5.75 Å². The molecule has 39 heavy (non-hydrogen) atoms. The lowest BCUT2D eigenvalue weighted by molar-refractivity contribution is -0.142. The molecule has 0 bridgehead atoms. The van der Waals surface area contributed by atoms with Crippen molar-refractivity contribution in [3.8, 4) is 5.75 Å². The van der Waals surface area contributed by atoms with Gasteiger partial charge in [-0.1, -0.05) is 37.5 Å². The van der Waals surface area contributed by atoms with Gasteiger partial charge in [-0.25, -0.2) is 13.1 Å². The van der Waals surface area contributed by atoms with Gasteiger partial charge in [-0.05, 0) is 73.4 Å². The molecule has 3 aliphatic carbocycles. The summed E-state index contributed by atoms with van der Waals surface area (Å²) in [6, 6.07) is 6.23. The predicted octanol–water partition coefficient (Wildman–Crippen LogP) is 4.92. The summed E-state index contributed by atoms with van der Waals surface area (Å²) in [5.41, 5.74) is 5.78. The number of amides is 1. The summed E-state index contributed by atoms with van der Waals surface area (Å²) in [7, 11) is -2.17. The Bertz CT molecular complexity index is 1600. The number of aliphatic carboxylic acids is 1. The van der Waals surface area contributed by atoms with Crippen LogP contribution < -0.4 is 9.46 Å². The predicted molar refractivity (Wildman–Crippen MR) is 148 cm³/mol. The van der Waals surface area contributed by atoms with E-state index >= 15 is 0 Å². The smallest absolute Gasteiger partial charge is 0.307 e. The van der Waals surface area contributed by atoms with Crippen LogP contribution in [-0.2, 0) is 26.2 Å². The first-order valence-corrected chi connectivity index (χ1v) is 15.3. The summed E-state index contributed by atoms with van der Waals surface area (Å²) < 4.78 is 35.2. The van der Waals surface area contributed by atoms with Crippen LogP contribution in [0.1, 0.15) is 75.5 Å². The SMILES string of the molecule is COc1ccc(C2CCCCC2)c2c1cc1n2CC2=C(C(=O)NS(=O)(=O)C(C)C)C2=C2C=CC[C@@H](C(=O)O)[C@@H]21. The fourth-order valence-corrected chi connectivity index (χ4v) is 7.40. The molecular weight excluding hydrogens is 516 g/mol. The van der Waals surface area contributed by atoms with Crippen molar-refractivity contribution in [1.29, 1.82) is 0 Å². The van der Waals surface area contributed by atoms with Gasteiger partial charge in [-0.3, -0.25) is 9.59 Å². The number of carboxylic acid groups (broad SMARTS) is 1. The Balaban J connectivity index is 1.57. The summed E-state index contributed by atoms with van der Waals surface area (Å²) in [6.07, 6.45) is 9.94. The Hall–Kier alpha value is -3.33. The maximum absolute atomic E-state index is 13.3. The van der Waals surface area contributed by atoms with Crippen LogP contribution in [0.3, 0.4) is 0 Å². The molecule has 1 fully saturated rings. The number of methoxy groups -OCH3 is 1. The van der Waals surface area contributed by atoms with Gasteiger partial charge >= 0.3 is 5.97 Å². The van der Waals surface area contributed by atoms with Crippen LogP contribution in [0.25, 0.3) is 10.9 Å². The molecule has 1 aromatic carbocycles. The molecule has 1 saturated carbocycles. The molecule has 1 amide bonds. The minimum Gasteiger partial charge on any atom is -0.496 e. The van der Waals surface area contributed by atoms with Crippen LogP contribution in [-0.4, -0.2) is 42.3 Å². The highest BCUT2D eigenvalue weighted by molar-refractivity contribution is 7.90. The number of aromatic nitrogens is 1. The third-order valence-electron chi connectivity index (χ3n) is 8.89. The van der Waals surface area contributed by atoms with Crippen molar-refractivity contribution in [2.24, 2.45) is 5.92 Å². The highest BCUT2D eigenvalue weighted by Gasteiger charge is 2.47. The largest absolute Gasteiger partial charge is 0.496 e. The zero-order valence-electron chi connectivity index (χ0n) is 22.5. The van der Waals surface area contributed by atoms with Crippen molar-refractivity contribution in [2.75, 3.05) is 7.11 Å². The molecule has 1 aromatic heterocycles. The fraction of sp³-hybridized carbons (Fsp3) is 0.467. The molecule has 0 saturated heterocycles. The number of hydrogen-bond acceptors (Lipinski definition) is 5. The van der Waals surface area contributed by atoms with E-state index < -0.39 is 39.0 Å². The number of fused-ring (bicyclic) bond motifs is 6. The molecule has 2 N–H and O–H groups in total. The number of carbonyl (C=O) groups is 2. The zero-order chi connectivity index (χ0) is 27.6. The van der Waals surface area contributed by atoms with Crippen LogP contribution in [0.4, 0.5) is 0 Å². The Labute approximate surface area is 228 Å². The summed E-state index contributed by atoms with van der Waals surface area (Å²) in [5, 5.41) is 10.5. The third-order valence-corrected chi connectivity index (χ3v) is 10.6. The van der Waals surface area contributed by atoms with E-state index in [-0.39, 0.29) is 0 Å². The summed E-state index contributed by atoms with van der Waals surface area (Å²) in [5.74, 6) is -1.57. The van der Waals surface area contributed by atoms with Gasteiger partial charge in [0, 0.05) is 23.5 Å². The summed E-state index contributed by atoms with van der Waals surface area (Å²) >= 11 is 0. The number of nitrogens with zero attached hydrogens (tertiary/aromatic N) is 1. The highest BCUT2D eigenvalue weighted by atomic mass is 32.2. The van der Waals surface area contributed by atoms with Crippen molar-refractivity contribution in [3.63, 3.8) is 0 Å². The first-order chi connectivity index (χ1) is 18.6. The minimum absolute atomic E-state index is 0.365. The number of hydrogen-bond donors (Lipinski definition) is 2. The number of allylic oxidation sites excluding steroid dienone is 4. The molecule has 0 spiro atoms. The van der Waals surface area contributed by atoms with Crippen molar-refractivity contribution in [2.45, 2.75) is 76.0 Å². The number of ether oxygens (including phenoxy) is 1. The fourth-order valence-electron chi connectivity index (χ4n) is 6.81. The van der Waals surface area contributed by atoms with Gasteiger partial charge in [0.05, 0.1) is 29.4 Å². The Morgan fingerprint density at radius 3 is 2.56 bits per heavy atom. The van der Waals surface area contributed by atoms with Crippen molar-refractivity contribution >= 4 is 32.8 Å². The van der Waals surface area contributed by atoms with Crippen LogP contribution >= 0.6 is 0 Å². The molecule has 206 valence electrons. The maximum Gasteiger partial charge on any atom is 0.307 e. The molecular formula is C30H34N2O6S. The molecule has 8 nitrogen and oxygen atoms in total. The number of nitrogens with one attached hydrogen (secondary N) is 1. The zero-order valence-corrected chi connectivity index (χ0v) is 23.3. The lowest BCUT2D eigenvalue weighted by Gasteiger charge is -2.29. The monoisotopic (exact) mass is 550 g/mol. The first-order valence-electron chi connectivity index (χ1n) is 13.8. The van der Waals surface area contributed by atoms with Gasteiger partial charge in [0.25, 0.3) is 5.91 Å². The summed E-state index contributed by atoms with van der Waals surface area (Å²) in [6.45, 7) is 3.43. The molecule has 2 heterocycles. The van der Waals surface area contributed by atoms with Gasteiger partial charge in [0.2, 0.25) is 10.0 Å². The third kappa shape index (κ3) is 4.13. The average molecular weight is 551 g/mol. The second-order valence-electron chi connectivity index (χ2n) is 11.4. The topological polar surface area (TPSA) is 115 Å². The normalized spacial score (nSPS) is 22.9. The number of benzene rings is 1. The molecule has 0 unspecified atom stereocenters. The Morgan fingerprint density at radius 1 is 1.15 bits per heavy atom.